The molecule has 0 aliphatic heterocycles. The summed E-state index contributed by atoms with van der Waals surface area (Å²) in [6.07, 6.45) is 8.44. The van der Waals surface area contributed by atoms with Crippen molar-refractivity contribution < 1.29 is 4.42 Å². The topological polar surface area (TPSA) is 38.1 Å². The highest BCUT2D eigenvalue weighted by molar-refractivity contribution is 7.99. The highest BCUT2D eigenvalue weighted by atomic mass is 32.2. The lowest BCUT2D eigenvalue weighted by molar-refractivity contribution is 0.450. The van der Waals surface area contributed by atoms with E-state index in [1.165, 1.54) is 25.7 Å². The third kappa shape index (κ3) is 2.98. The molecule has 2 unspecified atom stereocenters. The third-order valence-corrected chi connectivity index (χ3v) is 4.04. The van der Waals surface area contributed by atoms with Gasteiger partial charge in [-0.25, -0.2) is 4.98 Å². The van der Waals surface area contributed by atoms with Crippen molar-refractivity contribution in [3.05, 3.63) is 12.5 Å². The van der Waals surface area contributed by atoms with Crippen LogP contribution in [0, 0.1) is 0 Å². The molecule has 0 bridgehead atoms. The zero-order valence-electron chi connectivity index (χ0n) is 9.11. The van der Waals surface area contributed by atoms with Crippen LogP contribution in [0.25, 0.3) is 0 Å². The van der Waals surface area contributed by atoms with Gasteiger partial charge >= 0.3 is 0 Å². The molecule has 1 N–H and O–H groups in total. The maximum absolute atomic E-state index is 5.27. The standard InChI is InChI=1S/C11H18N2OS/c1-2-6-12-9-4-3-5-10(9)15-11-13-7-8-14-11/h7-10,12H,2-6H2,1H3. The van der Waals surface area contributed by atoms with E-state index < -0.39 is 0 Å². The molecule has 1 aliphatic carbocycles. The maximum Gasteiger partial charge on any atom is 0.255 e. The summed E-state index contributed by atoms with van der Waals surface area (Å²) < 4.78 is 5.27. The van der Waals surface area contributed by atoms with Crippen LogP contribution < -0.4 is 5.32 Å². The largest absolute Gasteiger partial charge is 0.440 e. The molecule has 1 heterocycles. The van der Waals surface area contributed by atoms with Crippen LogP contribution in [0.5, 0.6) is 0 Å². The minimum absolute atomic E-state index is 0.634. The third-order valence-electron chi connectivity index (χ3n) is 2.77. The fourth-order valence-electron chi connectivity index (χ4n) is 2.03. The molecule has 1 saturated carbocycles. The minimum atomic E-state index is 0.634. The van der Waals surface area contributed by atoms with Crippen molar-refractivity contribution in [3.8, 4) is 0 Å². The summed E-state index contributed by atoms with van der Waals surface area (Å²) in [5.74, 6) is 0. The van der Waals surface area contributed by atoms with Gasteiger partial charge in [-0.05, 0) is 25.8 Å². The van der Waals surface area contributed by atoms with Crippen molar-refractivity contribution in [3.63, 3.8) is 0 Å². The Morgan fingerprint density at radius 1 is 1.60 bits per heavy atom. The fraction of sp³-hybridized carbons (Fsp3) is 0.727. The molecule has 2 atom stereocenters. The highest BCUT2D eigenvalue weighted by Crippen LogP contribution is 2.34. The smallest absolute Gasteiger partial charge is 0.255 e. The van der Waals surface area contributed by atoms with E-state index >= 15 is 0 Å². The summed E-state index contributed by atoms with van der Waals surface area (Å²) >= 11 is 1.78. The fourth-order valence-corrected chi connectivity index (χ4v) is 3.20. The van der Waals surface area contributed by atoms with E-state index in [2.05, 4.69) is 17.2 Å². The first kappa shape index (κ1) is 11.0. The van der Waals surface area contributed by atoms with Crippen molar-refractivity contribution in [1.82, 2.24) is 10.3 Å². The normalized spacial score (nSPS) is 25.9. The molecule has 4 heteroatoms. The van der Waals surface area contributed by atoms with E-state index in [0.29, 0.717) is 11.3 Å². The van der Waals surface area contributed by atoms with Gasteiger partial charge in [0.05, 0.1) is 6.20 Å². The predicted molar refractivity (Wildman–Crippen MR) is 62.1 cm³/mol. The Hall–Kier alpha value is -0.480. The number of nitrogens with one attached hydrogen (secondary N) is 1. The Morgan fingerprint density at radius 2 is 2.53 bits per heavy atom. The Morgan fingerprint density at radius 3 is 3.27 bits per heavy atom. The second kappa shape index (κ2) is 5.56. The first-order valence-corrected chi connectivity index (χ1v) is 6.57. The molecular weight excluding hydrogens is 208 g/mol. The van der Waals surface area contributed by atoms with Crippen LogP contribution >= 0.6 is 11.8 Å². The molecule has 1 fully saturated rings. The Kier molecular flexibility index (Phi) is 4.09. The van der Waals surface area contributed by atoms with Crippen LogP contribution in [0.15, 0.2) is 22.1 Å². The van der Waals surface area contributed by atoms with Gasteiger partial charge in [0.15, 0.2) is 0 Å². The van der Waals surface area contributed by atoms with Crippen molar-refractivity contribution >= 4 is 11.8 Å². The van der Waals surface area contributed by atoms with Gasteiger partial charge in [-0.2, -0.15) is 0 Å². The SMILES string of the molecule is CCCNC1CCCC1Sc1ncco1. The van der Waals surface area contributed by atoms with Gasteiger partial charge in [0.2, 0.25) is 0 Å². The quantitative estimate of drug-likeness (QED) is 0.837. The second-order valence-corrected chi connectivity index (χ2v) is 5.14. The van der Waals surface area contributed by atoms with Gasteiger partial charge in [0.25, 0.3) is 5.22 Å². The van der Waals surface area contributed by atoms with Crippen LogP contribution in [-0.4, -0.2) is 22.8 Å². The summed E-state index contributed by atoms with van der Waals surface area (Å²) in [5, 5.41) is 5.05. The van der Waals surface area contributed by atoms with E-state index in [4.69, 9.17) is 4.42 Å². The molecule has 3 nitrogen and oxygen atoms in total. The summed E-state index contributed by atoms with van der Waals surface area (Å²) in [6, 6.07) is 0.641. The van der Waals surface area contributed by atoms with Crippen LogP contribution in [0.1, 0.15) is 32.6 Å². The van der Waals surface area contributed by atoms with Gasteiger partial charge in [0.1, 0.15) is 6.26 Å². The summed E-state index contributed by atoms with van der Waals surface area (Å²) in [6.45, 7) is 3.32. The lowest BCUT2D eigenvalue weighted by atomic mass is 10.2. The van der Waals surface area contributed by atoms with E-state index in [-0.39, 0.29) is 0 Å². The van der Waals surface area contributed by atoms with Crippen LogP contribution in [-0.2, 0) is 0 Å². The molecule has 1 aliphatic rings. The zero-order chi connectivity index (χ0) is 10.5. The van der Waals surface area contributed by atoms with Crippen LogP contribution in [0.4, 0.5) is 0 Å². The monoisotopic (exact) mass is 226 g/mol. The molecule has 0 saturated heterocycles. The number of hydrogen-bond acceptors (Lipinski definition) is 4. The van der Waals surface area contributed by atoms with E-state index in [9.17, 15) is 0 Å². The highest BCUT2D eigenvalue weighted by Gasteiger charge is 2.28. The average molecular weight is 226 g/mol. The molecule has 2 rings (SSSR count). The molecule has 0 radical (unpaired) electrons. The predicted octanol–water partition coefficient (Wildman–Crippen LogP) is 2.69. The van der Waals surface area contributed by atoms with Crippen molar-refractivity contribution in [2.45, 2.75) is 49.1 Å². The molecule has 0 aromatic carbocycles. The summed E-state index contributed by atoms with van der Waals surface area (Å²) in [7, 11) is 0. The Labute approximate surface area is 95.0 Å². The lowest BCUT2D eigenvalue weighted by Gasteiger charge is -2.18. The number of nitrogens with zero attached hydrogens (tertiary/aromatic N) is 1. The molecular formula is C11H18N2OS. The van der Waals surface area contributed by atoms with Crippen molar-refractivity contribution in [2.24, 2.45) is 0 Å². The molecule has 0 spiro atoms. The Balaban J connectivity index is 1.85. The maximum atomic E-state index is 5.27. The zero-order valence-corrected chi connectivity index (χ0v) is 9.93. The summed E-state index contributed by atoms with van der Waals surface area (Å²) in [5.41, 5.74) is 0. The first-order valence-electron chi connectivity index (χ1n) is 5.69. The number of hydrogen-bond donors (Lipinski definition) is 1. The number of aromatic nitrogens is 1. The summed E-state index contributed by atoms with van der Waals surface area (Å²) in [4.78, 5) is 4.16. The minimum Gasteiger partial charge on any atom is -0.440 e. The van der Waals surface area contributed by atoms with E-state index in [1.54, 1.807) is 24.2 Å². The molecule has 84 valence electrons. The second-order valence-electron chi connectivity index (χ2n) is 3.95. The van der Waals surface area contributed by atoms with Gasteiger partial charge in [-0.3, -0.25) is 0 Å². The number of oxazole rings is 1. The van der Waals surface area contributed by atoms with E-state index in [1.807, 2.05) is 0 Å². The first-order chi connectivity index (χ1) is 7.40. The van der Waals surface area contributed by atoms with Gasteiger partial charge < -0.3 is 9.73 Å². The molecule has 0 amide bonds. The van der Waals surface area contributed by atoms with Gasteiger partial charge in [-0.1, -0.05) is 25.1 Å². The van der Waals surface area contributed by atoms with Crippen molar-refractivity contribution in [2.75, 3.05) is 6.54 Å². The van der Waals surface area contributed by atoms with Crippen LogP contribution in [0.3, 0.4) is 0 Å². The number of rotatable bonds is 5. The van der Waals surface area contributed by atoms with Gasteiger partial charge in [0, 0.05) is 11.3 Å². The van der Waals surface area contributed by atoms with Crippen LogP contribution in [0.2, 0.25) is 0 Å². The Bertz CT molecular complexity index is 276. The van der Waals surface area contributed by atoms with Crippen molar-refractivity contribution in [1.29, 1.82) is 0 Å². The number of thioether (sulfide) groups is 1. The molecule has 1 aromatic heterocycles. The lowest BCUT2D eigenvalue weighted by Crippen LogP contribution is -2.34. The van der Waals surface area contributed by atoms with E-state index in [0.717, 1.165) is 11.8 Å². The van der Waals surface area contributed by atoms with Gasteiger partial charge in [-0.15, -0.1) is 0 Å². The molecule has 15 heavy (non-hydrogen) atoms. The average Bonchev–Trinajstić information content (AvgIpc) is 2.87. The molecule has 1 aromatic rings.